The molecule has 0 aliphatic rings. The van der Waals surface area contributed by atoms with Crippen LogP contribution in [-0.2, 0) is 25.7 Å². The van der Waals surface area contributed by atoms with Crippen molar-refractivity contribution in [2.75, 3.05) is 0 Å². The van der Waals surface area contributed by atoms with Gasteiger partial charge in [0.05, 0.1) is 11.1 Å². The lowest BCUT2D eigenvalue weighted by molar-refractivity contribution is 0.0651. The summed E-state index contributed by atoms with van der Waals surface area (Å²) in [6.07, 6.45) is 10.4. The molecule has 3 N–H and O–H groups in total. The lowest BCUT2D eigenvalue weighted by Gasteiger charge is -2.18. The summed E-state index contributed by atoms with van der Waals surface area (Å²) in [7, 11) is 0. The Kier molecular flexibility index (Phi) is 10.3. The van der Waals surface area contributed by atoms with Crippen molar-refractivity contribution in [2.24, 2.45) is 0 Å². The molecule has 0 radical (unpaired) electrons. The minimum atomic E-state index is -1.23. The maximum atomic E-state index is 10.5. The number of hydrogen-bond acceptors (Lipinski definition) is 3. The largest absolute Gasteiger partial charge is 0.508 e. The SMILES string of the molecule is C=CCc1cc(O)c(CC=C)c(CC=C)c1CC=C.O=C(O)c1ccccc1C(=O)O. The van der Waals surface area contributed by atoms with Crippen molar-refractivity contribution >= 4 is 11.9 Å². The molecule has 31 heavy (non-hydrogen) atoms. The molecule has 0 fully saturated rings. The maximum absolute atomic E-state index is 10.5. The maximum Gasteiger partial charge on any atom is 0.336 e. The van der Waals surface area contributed by atoms with Gasteiger partial charge in [0.25, 0.3) is 0 Å². The topological polar surface area (TPSA) is 94.8 Å². The highest BCUT2D eigenvalue weighted by atomic mass is 16.4. The van der Waals surface area contributed by atoms with Gasteiger partial charge in [0.2, 0.25) is 0 Å². The number of phenolic OH excluding ortho intramolecular Hbond substituents is 1. The summed E-state index contributed by atoms with van der Waals surface area (Å²) in [5.41, 5.74) is 4.04. The minimum absolute atomic E-state index is 0.190. The summed E-state index contributed by atoms with van der Waals surface area (Å²) in [6, 6.07) is 7.31. The number of allylic oxidation sites excluding steroid dienone is 4. The molecule has 0 saturated carbocycles. The summed E-state index contributed by atoms with van der Waals surface area (Å²) >= 11 is 0. The Labute approximate surface area is 183 Å². The summed E-state index contributed by atoms with van der Waals surface area (Å²) in [6.45, 7) is 15.2. The molecule has 2 aromatic carbocycles. The Morgan fingerprint density at radius 2 is 1.13 bits per heavy atom. The molecule has 0 amide bonds. The van der Waals surface area contributed by atoms with E-state index in [9.17, 15) is 14.7 Å². The van der Waals surface area contributed by atoms with Gasteiger partial charge in [-0.3, -0.25) is 0 Å². The van der Waals surface area contributed by atoms with Gasteiger partial charge < -0.3 is 15.3 Å². The first-order valence-electron chi connectivity index (χ1n) is 9.66. The summed E-state index contributed by atoms with van der Waals surface area (Å²) in [5, 5.41) is 27.3. The molecule has 0 spiro atoms. The predicted molar refractivity (Wildman–Crippen MR) is 124 cm³/mol. The number of rotatable bonds is 10. The van der Waals surface area contributed by atoms with Gasteiger partial charge in [0, 0.05) is 5.56 Å². The molecule has 0 atom stereocenters. The molecular formula is C26H28O5. The van der Waals surface area contributed by atoms with Crippen LogP contribution in [0.4, 0.5) is 0 Å². The van der Waals surface area contributed by atoms with E-state index < -0.39 is 11.9 Å². The molecule has 0 unspecified atom stereocenters. The zero-order chi connectivity index (χ0) is 23.4. The Bertz CT molecular complexity index is 953. The van der Waals surface area contributed by atoms with Crippen molar-refractivity contribution in [1.29, 1.82) is 0 Å². The van der Waals surface area contributed by atoms with E-state index in [1.807, 2.05) is 30.4 Å². The number of carbonyl (C=O) groups is 2. The minimum Gasteiger partial charge on any atom is -0.508 e. The normalized spacial score (nSPS) is 9.68. The first-order chi connectivity index (χ1) is 14.8. The van der Waals surface area contributed by atoms with Gasteiger partial charge in [-0.2, -0.15) is 0 Å². The highest BCUT2D eigenvalue weighted by molar-refractivity contribution is 6.01. The zero-order valence-corrected chi connectivity index (χ0v) is 17.5. The molecular weight excluding hydrogens is 392 g/mol. The fourth-order valence-electron chi connectivity index (χ4n) is 3.23. The van der Waals surface area contributed by atoms with E-state index in [1.165, 1.54) is 29.8 Å². The first kappa shape index (κ1) is 25.2. The lowest BCUT2D eigenvalue weighted by atomic mass is 9.88. The molecule has 2 aromatic rings. The Hall–Kier alpha value is -3.86. The third-order valence-corrected chi connectivity index (χ3v) is 4.53. The van der Waals surface area contributed by atoms with Gasteiger partial charge >= 0.3 is 11.9 Å². The second-order valence-corrected chi connectivity index (χ2v) is 6.62. The third kappa shape index (κ3) is 6.85. The van der Waals surface area contributed by atoms with Crippen LogP contribution in [-0.4, -0.2) is 27.3 Å². The molecule has 5 heteroatoms. The van der Waals surface area contributed by atoms with Gasteiger partial charge in [0.15, 0.2) is 0 Å². The molecule has 0 heterocycles. The predicted octanol–water partition coefficient (Wildman–Crippen LogP) is 5.39. The van der Waals surface area contributed by atoms with Gasteiger partial charge in [-0.15, -0.1) is 26.3 Å². The van der Waals surface area contributed by atoms with Gasteiger partial charge in [-0.25, -0.2) is 9.59 Å². The van der Waals surface area contributed by atoms with Crippen LogP contribution in [0.2, 0.25) is 0 Å². The van der Waals surface area contributed by atoms with Crippen molar-refractivity contribution in [3.05, 3.63) is 114 Å². The molecule has 5 nitrogen and oxygen atoms in total. The van der Waals surface area contributed by atoms with Crippen LogP contribution < -0.4 is 0 Å². The van der Waals surface area contributed by atoms with Crippen LogP contribution in [0.3, 0.4) is 0 Å². The second kappa shape index (κ2) is 12.6. The fourth-order valence-corrected chi connectivity index (χ4v) is 3.23. The number of aromatic carboxylic acids is 2. The van der Waals surface area contributed by atoms with Crippen molar-refractivity contribution < 1.29 is 24.9 Å². The number of carboxylic acid groups (broad SMARTS) is 2. The van der Waals surface area contributed by atoms with Crippen LogP contribution in [0.25, 0.3) is 0 Å². The van der Waals surface area contributed by atoms with Crippen molar-refractivity contribution in [1.82, 2.24) is 0 Å². The Morgan fingerprint density at radius 1 is 0.710 bits per heavy atom. The van der Waals surface area contributed by atoms with E-state index in [2.05, 4.69) is 26.3 Å². The summed E-state index contributed by atoms with van der Waals surface area (Å²) < 4.78 is 0. The molecule has 0 saturated heterocycles. The average molecular weight is 421 g/mol. The monoisotopic (exact) mass is 420 g/mol. The van der Waals surface area contributed by atoms with Crippen LogP contribution in [0.5, 0.6) is 5.75 Å². The number of aromatic hydroxyl groups is 1. The fraction of sp³-hybridized carbons (Fsp3) is 0.154. The quantitative estimate of drug-likeness (QED) is 0.448. The Balaban J connectivity index is 0.000000343. The molecule has 2 rings (SSSR count). The van der Waals surface area contributed by atoms with Gasteiger partial charge in [-0.1, -0.05) is 36.4 Å². The van der Waals surface area contributed by atoms with Gasteiger partial charge in [-0.05, 0) is 60.6 Å². The number of carboxylic acids is 2. The highest BCUT2D eigenvalue weighted by Gasteiger charge is 2.15. The zero-order valence-electron chi connectivity index (χ0n) is 17.5. The second-order valence-electron chi connectivity index (χ2n) is 6.62. The Morgan fingerprint density at radius 3 is 1.55 bits per heavy atom. The molecule has 0 aliphatic carbocycles. The smallest absolute Gasteiger partial charge is 0.336 e. The van der Waals surface area contributed by atoms with E-state index in [4.69, 9.17) is 10.2 Å². The van der Waals surface area contributed by atoms with E-state index in [-0.39, 0.29) is 11.1 Å². The lowest BCUT2D eigenvalue weighted by Crippen LogP contribution is -2.06. The van der Waals surface area contributed by atoms with E-state index in [1.54, 1.807) is 0 Å². The van der Waals surface area contributed by atoms with Crippen molar-refractivity contribution in [3.8, 4) is 5.75 Å². The van der Waals surface area contributed by atoms with E-state index in [0.717, 1.165) is 36.0 Å². The summed E-state index contributed by atoms with van der Waals surface area (Å²) in [4.78, 5) is 20.9. The molecule has 0 aromatic heterocycles. The highest BCUT2D eigenvalue weighted by Crippen LogP contribution is 2.31. The molecule has 0 bridgehead atoms. The van der Waals surface area contributed by atoms with E-state index >= 15 is 0 Å². The van der Waals surface area contributed by atoms with Crippen LogP contribution in [0.1, 0.15) is 43.0 Å². The standard InChI is InChI=1S/C18H22O.C8H6O4/c1-5-9-14-13-18(19)17(12-8-4)16(11-7-3)15(14)10-6-2;9-7(10)5-3-1-2-4-6(5)8(11)12/h5-8,13,19H,1-4,9-12H2;1-4H,(H,9,10)(H,11,12). The van der Waals surface area contributed by atoms with E-state index in [0.29, 0.717) is 12.2 Å². The van der Waals surface area contributed by atoms with Crippen molar-refractivity contribution in [3.63, 3.8) is 0 Å². The van der Waals surface area contributed by atoms with Gasteiger partial charge in [0.1, 0.15) is 5.75 Å². The number of benzene rings is 2. The number of hydrogen-bond donors (Lipinski definition) is 3. The van der Waals surface area contributed by atoms with Crippen LogP contribution in [0.15, 0.2) is 81.0 Å². The molecule has 162 valence electrons. The first-order valence-corrected chi connectivity index (χ1v) is 9.66. The third-order valence-electron chi connectivity index (χ3n) is 4.53. The summed E-state index contributed by atoms with van der Waals surface area (Å²) in [5.74, 6) is -2.12. The number of phenols is 1. The van der Waals surface area contributed by atoms with Crippen LogP contribution in [0, 0.1) is 0 Å². The van der Waals surface area contributed by atoms with Crippen molar-refractivity contribution in [2.45, 2.75) is 25.7 Å². The average Bonchev–Trinajstić information content (AvgIpc) is 2.74. The molecule has 0 aliphatic heterocycles. The van der Waals surface area contributed by atoms with Crippen LogP contribution >= 0.6 is 0 Å².